The summed E-state index contributed by atoms with van der Waals surface area (Å²) < 4.78 is 0. The van der Waals surface area contributed by atoms with Crippen molar-refractivity contribution in [2.45, 2.75) is 37.4 Å². The third kappa shape index (κ3) is 5.94. The molecule has 0 aliphatic carbocycles. The number of amides is 2. The predicted octanol–water partition coefficient (Wildman–Crippen LogP) is 1.20. The maximum atomic E-state index is 11.7. The molecule has 0 aromatic rings. The topological polar surface area (TPSA) is 73.8 Å². The fourth-order valence-corrected chi connectivity index (χ4v) is 3.77. The van der Waals surface area contributed by atoms with Crippen LogP contribution in [0.25, 0.3) is 0 Å². The van der Waals surface area contributed by atoms with Crippen LogP contribution >= 0.6 is 35.7 Å². The number of thioether (sulfide) groups is 1. The Morgan fingerprint density at radius 3 is 2.59 bits per heavy atom. The molecule has 0 saturated carbocycles. The Kier molecular flexibility index (Phi) is 9.15. The van der Waals surface area contributed by atoms with Crippen molar-refractivity contribution in [1.29, 1.82) is 0 Å². The first kappa shape index (κ1) is 19.5. The summed E-state index contributed by atoms with van der Waals surface area (Å²) in [6, 6.07) is 0. The molecular formula is C14H25IN4O2S. The predicted molar refractivity (Wildman–Crippen MR) is 101 cm³/mol. The monoisotopic (exact) mass is 440 g/mol. The lowest BCUT2D eigenvalue weighted by Gasteiger charge is -2.25. The molecule has 1 unspecified atom stereocenters. The molecule has 22 heavy (non-hydrogen) atoms. The summed E-state index contributed by atoms with van der Waals surface area (Å²) in [5, 5.41) is 7.13. The van der Waals surface area contributed by atoms with Crippen LogP contribution < -0.4 is 10.6 Å². The van der Waals surface area contributed by atoms with Gasteiger partial charge in [0.1, 0.15) is 0 Å². The van der Waals surface area contributed by atoms with Gasteiger partial charge in [0.2, 0.25) is 11.8 Å². The Morgan fingerprint density at radius 1 is 1.27 bits per heavy atom. The number of rotatable bonds is 5. The lowest BCUT2D eigenvalue weighted by Crippen LogP contribution is -2.47. The van der Waals surface area contributed by atoms with E-state index in [2.05, 4.69) is 15.6 Å². The van der Waals surface area contributed by atoms with Crippen LogP contribution in [0.15, 0.2) is 4.99 Å². The third-order valence-electron chi connectivity index (χ3n) is 3.76. The highest BCUT2D eigenvalue weighted by Crippen LogP contribution is 2.25. The van der Waals surface area contributed by atoms with Crippen LogP contribution in [-0.2, 0) is 9.59 Å². The minimum absolute atomic E-state index is 0. The summed E-state index contributed by atoms with van der Waals surface area (Å²) in [6.07, 6.45) is 4.20. The Balaban J connectivity index is 0.00000242. The fraction of sp³-hybridized carbons (Fsp3) is 0.786. The van der Waals surface area contributed by atoms with Crippen LogP contribution in [-0.4, -0.2) is 60.4 Å². The van der Waals surface area contributed by atoms with Gasteiger partial charge in [-0.2, -0.15) is 11.8 Å². The van der Waals surface area contributed by atoms with Crippen molar-refractivity contribution >= 4 is 53.5 Å². The van der Waals surface area contributed by atoms with Crippen molar-refractivity contribution < 1.29 is 9.59 Å². The minimum atomic E-state index is -0.0571. The van der Waals surface area contributed by atoms with Gasteiger partial charge in [-0.25, -0.2) is 0 Å². The maximum Gasteiger partial charge on any atom is 0.229 e. The molecule has 8 heteroatoms. The first-order valence-corrected chi connectivity index (χ1v) is 8.65. The molecule has 2 heterocycles. The van der Waals surface area contributed by atoms with Gasteiger partial charge in [-0.15, -0.1) is 24.0 Å². The van der Waals surface area contributed by atoms with Crippen molar-refractivity contribution in [2.24, 2.45) is 4.99 Å². The second-order valence-electron chi connectivity index (χ2n) is 5.31. The van der Waals surface area contributed by atoms with E-state index < -0.39 is 0 Å². The van der Waals surface area contributed by atoms with Gasteiger partial charge in [-0.3, -0.25) is 19.5 Å². The van der Waals surface area contributed by atoms with Crippen LogP contribution in [0.5, 0.6) is 0 Å². The Morgan fingerprint density at radius 2 is 2.00 bits per heavy atom. The maximum absolute atomic E-state index is 11.7. The fourth-order valence-electron chi connectivity index (χ4n) is 2.57. The van der Waals surface area contributed by atoms with E-state index >= 15 is 0 Å². The molecule has 0 bridgehead atoms. The number of aliphatic imine (C=N–C) groups is 1. The van der Waals surface area contributed by atoms with Crippen molar-refractivity contribution in [1.82, 2.24) is 15.5 Å². The molecule has 2 fully saturated rings. The summed E-state index contributed by atoms with van der Waals surface area (Å²) in [7, 11) is 1.73. The molecule has 2 rings (SSSR count). The lowest BCUT2D eigenvalue weighted by molar-refractivity contribution is -0.147. The van der Waals surface area contributed by atoms with Crippen LogP contribution in [0.1, 0.15) is 32.1 Å². The molecule has 1 atom stereocenters. The van der Waals surface area contributed by atoms with E-state index in [9.17, 15) is 9.59 Å². The molecular weight excluding hydrogens is 415 g/mol. The number of nitrogens with zero attached hydrogens (tertiary/aromatic N) is 2. The van der Waals surface area contributed by atoms with Crippen molar-refractivity contribution in [3.8, 4) is 0 Å². The number of carbonyl (C=O) groups excluding carboxylic acids is 2. The normalized spacial score (nSPS) is 22.5. The second-order valence-corrected chi connectivity index (χ2v) is 6.72. The van der Waals surface area contributed by atoms with E-state index in [1.807, 2.05) is 11.8 Å². The molecule has 2 aliphatic rings. The molecule has 2 saturated heterocycles. The van der Waals surface area contributed by atoms with Crippen LogP contribution in [0, 0.1) is 0 Å². The second kappa shape index (κ2) is 10.3. The van der Waals surface area contributed by atoms with Crippen molar-refractivity contribution in [3.63, 3.8) is 0 Å². The minimum Gasteiger partial charge on any atom is -0.355 e. The first-order valence-electron chi connectivity index (χ1n) is 7.60. The molecule has 0 spiro atoms. The molecule has 2 amide bonds. The van der Waals surface area contributed by atoms with Gasteiger partial charge in [0.05, 0.1) is 0 Å². The standard InChI is InChI=1S/C14H24N4O2S.HI/c1-15-14(17-10-11-4-3-9-21-11)16-7-8-18-12(19)5-2-6-13(18)20;/h11H,2-10H2,1H3,(H2,15,16,17);1H. The number of nitrogens with one attached hydrogen (secondary N) is 2. The molecule has 0 aromatic heterocycles. The smallest absolute Gasteiger partial charge is 0.229 e. The van der Waals surface area contributed by atoms with Gasteiger partial charge in [-0.05, 0) is 25.0 Å². The van der Waals surface area contributed by atoms with Crippen LogP contribution in [0.2, 0.25) is 0 Å². The molecule has 0 radical (unpaired) electrons. The largest absolute Gasteiger partial charge is 0.355 e. The molecule has 6 nitrogen and oxygen atoms in total. The van der Waals surface area contributed by atoms with E-state index in [0.717, 1.165) is 12.5 Å². The van der Waals surface area contributed by atoms with Gasteiger partial charge in [0.25, 0.3) is 0 Å². The quantitative estimate of drug-likeness (QED) is 0.291. The number of hydrogen-bond acceptors (Lipinski definition) is 4. The van der Waals surface area contributed by atoms with Gasteiger partial charge in [0, 0.05) is 44.8 Å². The SMILES string of the molecule is CN=C(NCCN1C(=O)CCCC1=O)NCC1CCCS1.I. The number of halogens is 1. The van der Waals surface area contributed by atoms with Gasteiger partial charge < -0.3 is 10.6 Å². The van der Waals surface area contributed by atoms with E-state index in [0.29, 0.717) is 37.6 Å². The zero-order valence-corrected chi connectivity index (χ0v) is 16.1. The number of likely N-dealkylation sites (tertiary alicyclic amines) is 1. The third-order valence-corrected chi connectivity index (χ3v) is 5.15. The molecule has 2 N–H and O–H groups in total. The Hall–Kier alpha value is -0.510. The Bertz CT molecular complexity index is 398. The van der Waals surface area contributed by atoms with E-state index in [4.69, 9.17) is 0 Å². The highest BCUT2D eigenvalue weighted by atomic mass is 127. The number of piperidine rings is 1. The van der Waals surface area contributed by atoms with E-state index in [1.54, 1.807) is 7.05 Å². The van der Waals surface area contributed by atoms with Crippen LogP contribution in [0.3, 0.4) is 0 Å². The van der Waals surface area contributed by atoms with Crippen molar-refractivity contribution in [3.05, 3.63) is 0 Å². The Labute approximate surface area is 153 Å². The molecule has 0 aromatic carbocycles. The highest BCUT2D eigenvalue weighted by Gasteiger charge is 2.25. The van der Waals surface area contributed by atoms with E-state index in [-0.39, 0.29) is 35.8 Å². The molecule has 2 aliphatic heterocycles. The zero-order chi connectivity index (χ0) is 15.1. The van der Waals surface area contributed by atoms with Gasteiger partial charge >= 0.3 is 0 Å². The number of imide groups is 1. The van der Waals surface area contributed by atoms with Gasteiger partial charge in [0.15, 0.2) is 5.96 Å². The number of carbonyl (C=O) groups is 2. The zero-order valence-electron chi connectivity index (χ0n) is 13.0. The summed E-state index contributed by atoms with van der Waals surface area (Å²) in [5.41, 5.74) is 0. The summed E-state index contributed by atoms with van der Waals surface area (Å²) >= 11 is 2.00. The number of hydrogen-bond donors (Lipinski definition) is 2. The summed E-state index contributed by atoms with van der Waals surface area (Å²) in [5.74, 6) is 1.87. The van der Waals surface area contributed by atoms with E-state index in [1.165, 1.54) is 23.5 Å². The van der Waals surface area contributed by atoms with Crippen molar-refractivity contribution in [2.75, 3.05) is 32.4 Å². The molecule has 126 valence electrons. The van der Waals surface area contributed by atoms with Gasteiger partial charge in [-0.1, -0.05) is 0 Å². The summed E-state index contributed by atoms with van der Waals surface area (Å²) in [6.45, 7) is 1.86. The average molecular weight is 440 g/mol. The summed E-state index contributed by atoms with van der Waals surface area (Å²) in [4.78, 5) is 28.9. The lowest BCUT2D eigenvalue weighted by atomic mass is 10.1. The highest BCUT2D eigenvalue weighted by molar-refractivity contribution is 14.0. The number of guanidine groups is 1. The first-order chi connectivity index (χ1) is 10.2. The van der Waals surface area contributed by atoms with Crippen LogP contribution in [0.4, 0.5) is 0 Å². The average Bonchev–Trinajstić information content (AvgIpc) is 2.98.